The zero-order valence-electron chi connectivity index (χ0n) is 10.2. The van der Waals surface area contributed by atoms with Gasteiger partial charge in [0.25, 0.3) is 0 Å². The van der Waals surface area contributed by atoms with E-state index in [1.165, 1.54) is 0 Å². The highest BCUT2D eigenvalue weighted by molar-refractivity contribution is 4.68. The van der Waals surface area contributed by atoms with Crippen molar-refractivity contribution in [1.82, 2.24) is 0 Å². The molecule has 0 aromatic rings. The molecule has 0 saturated heterocycles. The quantitative estimate of drug-likeness (QED) is 0.725. The number of halogens is 3. The Hall–Kier alpha value is -0.290. The Balaban J connectivity index is 4.22. The van der Waals surface area contributed by atoms with Gasteiger partial charge in [-0.25, -0.2) is 0 Å². The van der Waals surface area contributed by atoms with Crippen LogP contribution in [0, 0.1) is 17.8 Å². The van der Waals surface area contributed by atoms with Gasteiger partial charge in [-0.1, -0.05) is 27.7 Å². The van der Waals surface area contributed by atoms with Crippen LogP contribution in [0.5, 0.6) is 0 Å². The SMILES string of the molecule is CC(C)CC(C(C)C)C(O)OCC(F)(F)F. The van der Waals surface area contributed by atoms with Gasteiger partial charge in [0.1, 0.15) is 6.61 Å². The van der Waals surface area contributed by atoms with Crippen molar-refractivity contribution in [3.8, 4) is 0 Å². The predicted molar refractivity (Wildman–Crippen MR) is 55.8 cm³/mol. The van der Waals surface area contributed by atoms with E-state index in [1.54, 1.807) is 0 Å². The first-order valence-electron chi connectivity index (χ1n) is 5.50. The van der Waals surface area contributed by atoms with E-state index in [9.17, 15) is 18.3 Å². The van der Waals surface area contributed by atoms with Gasteiger partial charge in [0.15, 0.2) is 6.29 Å². The lowest BCUT2D eigenvalue weighted by Crippen LogP contribution is -2.32. The van der Waals surface area contributed by atoms with Gasteiger partial charge in [-0.15, -0.1) is 0 Å². The Bertz CT molecular complexity index is 190. The molecule has 98 valence electrons. The highest BCUT2D eigenvalue weighted by atomic mass is 19.4. The number of hydrogen-bond donors (Lipinski definition) is 1. The summed E-state index contributed by atoms with van der Waals surface area (Å²) in [5, 5.41) is 9.57. The summed E-state index contributed by atoms with van der Waals surface area (Å²) in [6, 6.07) is 0. The molecule has 2 unspecified atom stereocenters. The second kappa shape index (κ2) is 6.45. The molecule has 5 heteroatoms. The van der Waals surface area contributed by atoms with E-state index < -0.39 is 19.1 Å². The fourth-order valence-corrected chi connectivity index (χ4v) is 1.57. The fraction of sp³-hybridized carbons (Fsp3) is 1.00. The van der Waals surface area contributed by atoms with Crippen molar-refractivity contribution < 1.29 is 23.0 Å². The molecule has 0 rings (SSSR count). The number of aliphatic hydroxyl groups is 1. The average molecular weight is 242 g/mol. The van der Waals surface area contributed by atoms with Crippen molar-refractivity contribution in [1.29, 1.82) is 0 Å². The summed E-state index contributed by atoms with van der Waals surface area (Å²) in [6.07, 6.45) is -5.08. The molecule has 0 aliphatic carbocycles. The van der Waals surface area contributed by atoms with E-state index >= 15 is 0 Å². The van der Waals surface area contributed by atoms with Crippen LogP contribution in [0.2, 0.25) is 0 Å². The Labute approximate surface area is 94.8 Å². The number of aliphatic hydroxyl groups excluding tert-OH is 1. The Morgan fingerprint density at radius 2 is 1.62 bits per heavy atom. The van der Waals surface area contributed by atoms with Gasteiger partial charge in [-0.05, 0) is 18.3 Å². The molecule has 0 fully saturated rings. The zero-order chi connectivity index (χ0) is 12.9. The van der Waals surface area contributed by atoms with Crippen molar-refractivity contribution in [3.05, 3.63) is 0 Å². The first-order chi connectivity index (χ1) is 7.13. The highest BCUT2D eigenvalue weighted by Crippen LogP contribution is 2.26. The standard InChI is InChI=1S/C11H21F3O2/c1-7(2)5-9(8(3)4)10(15)16-6-11(12,13)14/h7-10,15H,5-6H2,1-4H3. The normalized spacial score (nSPS) is 16.9. The molecule has 0 bridgehead atoms. The monoisotopic (exact) mass is 242 g/mol. The topological polar surface area (TPSA) is 29.5 Å². The van der Waals surface area contributed by atoms with Crippen LogP contribution < -0.4 is 0 Å². The summed E-state index contributed by atoms with van der Waals surface area (Å²) in [6.45, 7) is 6.27. The van der Waals surface area contributed by atoms with E-state index in [4.69, 9.17) is 0 Å². The summed E-state index contributed by atoms with van der Waals surface area (Å²) >= 11 is 0. The van der Waals surface area contributed by atoms with Crippen LogP contribution in [0.1, 0.15) is 34.1 Å². The van der Waals surface area contributed by atoms with E-state index in [-0.39, 0.29) is 11.8 Å². The van der Waals surface area contributed by atoms with Crippen molar-refractivity contribution in [3.63, 3.8) is 0 Å². The maximum atomic E-state index is 11.9. The minimum Gasteiger partial charge on any atom is -0.368 e. The van der Waals surface area contributed by atoms with E-state index in [0.717, 1.165) is 0 Å². The Morgan fingerprint density at radius 3 is 1.94 bits per heavy atom. The van der Waals surface area contributed by atoms with Crippen LogP contribution in [0.25, 0.3) is 0 Å². The molecule has 0 aromatic heterocycles. The molecular weight excluding hydrogens is 221 g/mol. The third-order valence-electron chi connectivity index (χ3n) is 2.38. The van der Waals surface area contributed by atoms with Crippen molar-refractivity contribution in [2.24, 2.45) is 17.8 Å². The van der Waals surface area contributed by atoms with Gasteiger partial charge in [0, 0.05) is 5.92 Å². The molecule has 0 spiro atoms. The molecule has 0 radical (unpaired) electrons. The second-order valence-electron chi connectivity index (χ2n) is 4.85. The second-order valence-corrected chi connectivity index (χ2v) is 4.85. The minimum absolute atomic E-state index is 0.0885. The molecule has 2 nitrogen and oxygen atoms in total. The van der Waals surface area contributed by atoms with Crippen LogP contribution >= 0.6 is 0 Å². The summed E-state index contributed by atoms with van der Waals surface area (Å²) in [7, 11) is 0. The van der Waals surface area contributed by atoms with E-state index in [1.807, 2.05) is 27.7 Å². The molecule has 0 aromatic carbocycles. The molecule has 2 atom stereocenters. The third-order valence-corrected chi connectivity index (χ3v) is 2.38. The summed E-state index contributed by atoms with van der Waals surface area (Å²) < 4.78 is 40.2. The van der Waals surface area contributed by atoms with Gasteiger partial charge in [0.2, 0.25) is 0 Å². The van der Waals surface area contributed by atoms with E-state index in [2.05, 4.69) is 4.74 Å². The Morgan fingerprint density at radius 1 is 1.12 bits per heavy atom. The smallest absolute Gasteiger partial charge is 0.368 e. The first-order valence-corrected chi connectivity index (χ1v) is 5.50. The summed E-state index contributed by atoms with van der Waals surface area (Å²) in [4.78, 5) is 0. The summed E-state index contributed by atoms with van der Waals surface area (Å²) in [5.74, 6) is 0.143. The molecule has 0 aliphatic rings. The lowest BCUT2D eigenvalue weighted by molar-refractivity contribution is -0.233. The van der Waals surface area contributed by atoms with Crippen LogP contribution in [0.15, 0.2) is 0 Å². The van der Waals surface area contributed by atoms with Crippen LogP contribution in [-0.4, -0.2) is 24.2 Å². The molecule has 0 heterocycles. The minimum atomic E-state index is -4.39. The molecular formula is C11H21F3O2. The number of ether oxygens (including phenoxy) is 1. The molecule has 0 saturated carbocycles. The molecule has 0 aliphatic heterocycles. The van der Waals surface area contributed by atoms with Crippen LogP contribution in [0.4, 0.5) is 13.2 Å². The maximum Gasteiger partial charge on any atom is 0.411 e. The lowest BCUT2D eigenvalue weighted by atomic mass is 9.87. The highest BCUT2D eigenvalue weighted by Gasteiger charge is 2.32. The van der Waals surface area contributed by atoms with Crippen LogP contribution in [0.3, 0.4) is 0 Å². The maximum absolute atomic E-state index is 11.9. The van der Waals surface area contributed by atoms with Crippen molar-refractivity contribution >= 4 is 0 Å². The van der Waals surface area contributed by atoms with Crippen molar-refractivity contribution in [2.75, 3.05) is 6.61 Å². The number of alkyl halides is 3. The third kappa shape index (κ3) is 7.06. The van der Waals surface area contributed by atoms with Crippen LogP contribution in [-0.2, 0) is 4.74 Å². The van der Waals surface area contributed by atoms with Gasteiger partial charge >= 0.3 is 6.18 Å². The first kappa shape index (κ1) is 15.7. The van der Waals surface area contributed by atoms with Crippen molar-refractivity contribution in [2.45, 2.75) is 46.6 Å². The number of hydrogen-bond acceptors (Lipinski definition) is 2. The predicted octanol–water partition coefficient (Wildman–Crippen LogP) is 3.20. The fourth-order valence-electron chi connectivity index (χ4n) is 1.57. The van der Waals surface area contributed by atoms with Gasteiger partial charge in [-0.3, -0.25) is 0 Å². The molecule has 0 amide bonds. The zero-order valence-corrected chi connectivity index (χ0v) is 10.2. The largest absolute Gasteiger partial charge is 0.411 e. The molecule has 1 N–H and O–H groups in total. The summed E-state index contributed by atoms with van der Waals surface area (Å²) in [5.41, 5.74) is 0. The Kier molecular flexibility index (Phi) is 6.33. The number of rotatable bonds is 6. The van der Waals surface area contributed by atoms with Gasteiger partial charge < -0.3 is 9.84 Å². The van der Waals surface area contributed by atoms with E-state index in [0.29, 0.717) is 12.3 Å². The molecule has 16 heavy (non-hydrogen) atoms. The van der Waals surface area contributed by atoms with Gasteiger partial charge in [-0.2, -0.15) is 13.2 Å². The lowest BCUT2D eigenvalue weighted by Gasteiger charge is -2.28. The average Bonchev–Trinajstić information content (AvgIpc) is 2.08. The van der Waals surface area contributed by atoms with Gasteiger partial charge in [0.05, 0.1) is 0 Å².